The highest BCUT2D eigenvalue weighted by Crippen LogP contribution is 2.11. The van der Waals surface area contributed by atoms with E-state index in [1.165, 1.54) is 0 Å². The summed E-state index contributed by atoms with van der Waals surface area (Å²) in [5.41, 5.74) is 2.02. The average molecular weight is 227 g/mol. The molecule has 0 aliphatic heterocycles. The van der Waals surface area contributed by atoms with Gasteiger partial charge < -0.3 is 5.84 Å². The van der Waals surface area contributed by atoms with E-state index in [1.807, 2.05) is 31.2 Å². The summed E-state index contributed by atoms with van der Waals surface area (Å²) in [5, 5.41) is 3.71. The molecule has 3 heteroatoms. The van der Waals surface area contributed by atoms with Crippen LogP contribution in [0.15, 0.2) is 33.8 Å². The Hall–Kier alpha value is -0.830. The van der Waals surface area contributed by atoms with E-state index in [-0.39, 0.29) is 0 Å². The Bertz CT molecular complexity index is 277. The van der Waals surface area contributed by atoms with Crippen LogP contribution in [0.4, 0.5) is 0 Å². The smallest absolute Gasteiger partial charge is 0.0670 e. The molecule has 0 saturated heterocycles. The molecule has 1 rings (SSSR count). The zero-order valence-corrected chi connectivity index (χ0v) is 8.51. The van der Waals surface area contributed by atoms with E-state index in [2.05, 4.69) is 21.0 Å². The number of nitrogens with zero attached hydrogens (tertiary/aromatic N) is 1. The Morgan fingerprint density at radius 3 is 2.42 bits per heavy atom. The average Bonchev–Trinajstić information content (AvgIpc) is 2.10. The van der Waals surface area contributed by atoms with Gasteiger partial charge in [-0.05, 0) is 24.1 Å². The molecule has 0 bridgehead atoms. The number of hydrazone groups is 1. The third-order valence-electron chi connectivity index (χ3n) is 1.67. The third-order valence-corrected chi connectivity index (χ3v) is 2.20. The van der Waals surface area contributed by atoms with E-state index >= 15 is 0 Å². The first-order chi connectivity index (χ1) is 5.77. The van der Waals surface area contributed by atoms with Crippen molar-refractivity contribution < 1.29 is 0 Å². The molecule has 0 aliphatic rings. The van der Waals surface area contributed by atoms with Gasteiger partial charge in [-0.2, -0.15) is 5.10 Å². The molecule has 1 aromatic carbocycles. The Labute approximate surface area is 80.6 Å². The summed E-state index contributed by atoms with van der Waals surface area (Å²) in [7, 11) is 0. The number of nitrogens with two attached hydrogens (primary N) is 1. The van der Waals surface area contributed by atoms with E-state index in [4.69, 9.17) is 5.84 Å². The van der Waals surface area contributed by atoms with Crippen molar-refractivity contribution in [1.29, 1.82) is 0 Å². The van der Waals surface area contributed by atoms with Gasteiger partial charge in [-0.15, -0.1) is 0 Å². The Morgan fingerprint density at radius 2 is 2.00 bits per heavy atom. The van der Waals surface area contributed by atoms with Gasteiger partial charge >= 0.3 is 0 Å². The molecular formula is C9H11BrN2. The zero-order chi connectivity index (χ0) is 8.97. The molecule has 0 aromatic heterocycles. The minimum Gasteiger partial charge on any atom is -0.323 e. The van der Waals surface area contributed by atoms with Crippen LogP contribution in [-0.4, -0.2) is 5.71 Å². The molecule has 12 heavy (non-hydrogen) atoms. The molecule has 0 spiro atoms. The Kier molecular flexibility index (Phi) is 3.29. The monoisotopic (exact) mass is 226 g/mol. The number of hydrogen-bond donors (Lipinski definition) is 1. The molecule has 0 amide bonds. The Morgan fingerprint density at radius 1 is 1.42 bits per heavy atom. The topological polar surface area (TPSA) is 38.4 Å². The van der Waals surface area contributed by atoms with Crippen molar-refractivity contribution in [3.8, 4) is 0 Å². The van der Waals surface area contributed by atoms with Crippen LogP contribution in [0.2, 0.25) is 0 Å². The fourth-order valence-corrected chi connectivity index (χ4v) is 1.28. The molecule has 2 nitrogen and oxygen atoms in total. The van der Waals surface area contributed by atoms with Crippen molar-refractivity contribution in [2.75, 3.05) is 0 Å². The van der Waals surface area contributed by atoms with Gasteiger partial charge in [0, 0.05) is 4.47 Å². The maximum absolute atomic E-state index is 5.23. The predicted molar refractivity (Wildman–Crippen MR) is 55.2 cm³/mol. The van der Waals surface area contributed by atoms with Crippen LogP contribution >= 0.6 is 15.9 Å². The van der Waals surface area contributed by atoms with Crippen molar-refractivity contribution in [1.82, 2.24) is 0 Å². The van der Waals surface area contributed by atoms with Gasteiger partial charge in [0.05, 0.1) is 5.71 Å². The molecule has 64 valence electrons. The maximum Gasteiger partial charge on any atom is 0.0670 e. The summed E-state index contributed by atoms with van der Waals surface area (Å²) < 4.78 is 1.07. The van der Waals surface area contributed by atoms with Crippen molar-refractivity contribution in [3.05, 3.63) is 34.3 Å². The molecule has 0 aliphatic carbocycles. The molecule has 0 fully saturated rings. The predicted octanol–water partition coefficient (Wildman–Crippen LogP) is 2.52. The summed E-state index contributed by atoms with van der Waals surface area (Å²) >= 11 is 3.37. The van der Waals surface area contributed by atoms with Crippen LogP contribution in [0.5, 0.6) is 0 Å². The normalized spacial score (nSPS) is 11.7. The zero-order valence-electron chi connectivity index (χ0n) is 6.92. The lowest BCUT2D eigenvalue weighted by Gasteiger charge is -2.01. The van der Waals surface area contributed by atoms with Gasteiger partial charge in [0.15, 0.2) is 0 Å². The van der Waals surface area contributed by atoms with E-state index in [0.29, 0.717) is 0 Å². The van der Waals surface area contributed by atoms with Crippen molar-refractivity contribution >= 4 is 21.6 Å². The van der Waals surface area contributed by atoms with Gasteiger partial charge in [-0.3, -0.25) is 0 Å². The largest absolute Gasteiger partial charge is 0.323 e. The minimum absolute atomic E-state index is 0.859. The van der Waals surface area contributed by atoms with Crippen LogP contribution in [0.3, 0.4) is 0 Å². The van der Waals surface area contributed by atoms with Crippen molar-refractivity contribution in [3.63, 3.8) is 0 Å². The number of benzene rings is 1. The quantitative estimate of drug-likeness (QED) is 0.470. The SMILES string of the molecule is CC/C(=N/N)c1ccc(Br)cc1. The summed E-state index contributed by atoms with van der Waals surface area (Å²) in [4.78, 5) is 0. The lowest BCUT2D eigenvalue weighted by Crippen LogP contribution is -2.01. The van der Waals surface area contributed by atoms with Crippen molar-refractivity contribution in [2.45, 2.75) is 13.3 Å². The number of rotatable bonds is 2. The maximum atomic E-state index is 5.23. The molecule has 0 radical (unpaired) electrons. The van der Waals surface area contributed by atoms with Crippen molar-refractivity contribution in [2.24, 2.45) is 10.9 Å². The summed E-state index contributed by atoms with van der Waals surface area (Å²) in [6.45, 7) is 2.04. The number of hydrogen-bond acceptors (Lipinski definition) is 2. The van der Waals surface area contributed by atoms with E-state index in [0.717, 1.165) is 22.2 Å². The highest BCUT2D eigenvalue weighted by molar-refractivity contribution is 9.10. The lowest BCUT2D eigenvalue weighted by atomic mass is 10.1. The van der Waals surface area contributed by atoms with Gasteiger partial charge in [0.1, 0.15) is 0 Å². The van der Waals surface area contributed by atoms with Gasteiger partial charge in [-0.1, -0.05) is 35.0 Å². The molecule has 2 N–H and O–H groups in total. The van der Waals surface area contributed by atoms with Gasteiger partial charge in [-0.25, -0.2) is 0 Å². The van der Waals surface area contributed by atoms with Gasteiger partial charge in [0.2, 0.25) is 0 Å². The van der Waals surface area contributed by atoms with Gasteiger partial charge in [0.25, 0.3) is 0 Å². The molecular weight excluding hydrogens is 216 g/mol. The second-order valence-electron chi connectivity index (χ2n) is 2.44. The second kappa shape index (κ2) is 4.26. The molecule has 0 heterocycles. The summed E-state index contributed by atoms with van der Waals surface area (Å²) in [6, 6.07) is 7.96. The standard InChI is InChI=1S/C9H11BrN2/c1-2-9(12-11)7-3-5-8(10)6-4-7/h3-6H,2,11H2,1H3/b12-9-. The van der Waals surface area contributed by atoms with Crippen LogP contribution in [0, 0.1) is 0 Å². The van der Waals surface area contributed by atoms with Crippen LogP contribution in [0.1, 0.15) is 18.9 Å². The van der Waals surface area contributed by atoms with Crippen LogP contribution in [-0.2, 0) is 0 Å². The van der Waals surface area contributed by atoms with E-state index in [1.54, 1.807) is 0 Å². The second-order valence-corrected chi connectivity index (χ2v) is 3.35. The van der Waals surface area contributed by atoms with E-state index < -0.39 is 0 Å². The highest BCUT2D eigenvalue weighted by atomic mass is 79.9. The van der Waals surface area contributed by atoms with Crippen LogP contribution in [0.25, 0.3) is 0 Å². The fourth-order valence-electron chi connectivity index (χ4n) is 1.01. The molecule has 0 saturated carbocycles. The summed E-state index contributed by atoms with van der Waals surface area (Å²) in [5.74, 6) is 5.23. The van der Waals surface area contributed by atoms with E-state index in [9.17, 15) is 0 Å². The summed E-state index contributed by atoms with van der Waals surface area (Å²) in [6.07, 6.45) is 0.859. The molecule has 1 aromatic rings. The Balaban J connectivity index is 2.96. The highest BCUT2D eigenvalue weighted by Gasteiger charge is 1.98. The first-order valence-electron chi connectivity index (χ1n) is 3.80. The molecule has 0 unspecified atom stereocenters. The first-order valence-corrected chi connectivity index (χ1v) is 4.60. The fraction of sp³-hybridized carbons (Fsp3) is 0.222. The third kappa shape index (κ3) is 2.08. The number of halogens is 1. The lowest BCUT2D eigenvalue weighted by molar-refractivity contribution is 1.17. The molecule has 0 atom stereocenters. The van der Waals surface area contributed by atoms with Crippen LogP contribution < -0.4 is 5.84 Å². The first kappa shape index (κ1) is 9.26. The minimum atomic E-state index is 0.859.